The molecule has 17 heavy (non-hydrogen) atoms. The molecule has 3 unspecified atom stereocenters. The van der Waals surface area contributed by atoms with Gasteiger partial charge < -0.3 is 10.4 Å². The van der Waals surface area contributed by atoms with Crippen molar-refractivity contribution in [1.82, 2.24) is 5.32 Å². The number of aliphatic hydroxyl groups excluding tert-OH is 1. The highest BCUT2D eigenvalue weighted by Crippen LogP contribution is 2.19. The van der Waals surface area contributed by atoms with E-state index in [4.69, 9.17) is 0 Å². The predicted molar refractivity (Wildman–Crippen MR) is 63.7 cm³/mol. The summed E-state index contributed by atoms with van der Waals surface area (Å²) in [6.07, 6.45) is 0.156. The molecular formula is C13H19F2NO. The molecule has 0 amide bonds. The molecule has 0 heterocycles. The molecule has 0 aliphatic heterocycles. The van der Waals surface area contributed by atoms with Gasteiger partial charge in [0.05, 0.1) is 6.10 Å². The maximum Gasteiger partial charge on any atom is 0.163 e. The molecule has 0 aliphatic carbocycles. The number of nitrogens with one attached hydrogen (secondary N) is 1. The molecule has 3 atom stereocenters. The van der Waals surface area contributed by atoms with Gasteiger partial charge in [-0.25, -0.2) is 8.78 Å². The van der Waals surface area contributed by atoms with Gasteiger partial charge in [0.1, 0.15) is 0 Å². The Kier molecular flexibility index (Phi) is 5.02. The third-order valence-corrected chi connectivity index (χ3v) is 2.68. The first-order chi connectivity index (χ1) is 7.91. The Morgan fingerprint density at radius 3 is 2.47 bits per heavy atom. The van der Waals surface area contributed by atoms with Crippen molar-refractivity contribution in [2.24, 2.45) is 0 Å². The number of hydrogen-bond acceptors (Lipinski definition) is 2. The molecule has 4 heteroatoms. The van der Waals surface area contributed by atoms with E-state index in [9.17, 15) is 13.9 Å². The van der Waals surface area contributed by atoms with E-state index in [1.165, 1.54) is 6.07 Å². The van der Waals surface area contributed by atoms with Crippen molar-refractivity contribution in [3.63, 3.8) is 0 Å². The number of benzene rings is 1. The monoisotopic (exact) mass is 243 g/mol. The van der Waals surface area contributed by atoms with Crippen LogP contribution in [0.15, 0.2) is 18.2 Å². The summed E-state index contributed by atoms with van der Waals surface area (Å²) in [6.45, 7) is 5.38. The summed E-state index contributed by atoms with van der Waals surface area (Å²) in [5.41, 5.74) is 0.308. The van der Waals surface area contributed by atoms with Crippen LogP contribution in [0.2, 0.25) is 0 Å². The van der Waals surface area contributed by atoms with E-state index in [1.807, 2.05) is 6.92 Å². The van der Waals surface area contributed by atoms with Crippen LogP contribution in [-0.4, -0.2) is 17.3 Å². The van der Waals surface area contributed by atoms with Crippen molar-refractivity contribution in [2.75, 3.05) is 0 Å². The Bertz CT molecular complexity index is 368. The third-order valence-electron chi connectivity index (χ3n) is 2.68. The summed E-state index contributed by atoms with van der Waals surface area (Å²) >= 11 is 0. The van der Waals surface area contributed by atoms with Crippen LogP contribution in [-0.2, 0) is 0 Å². The molecule has 0 aromatic heterocycles. The van der Waals surface area contributed by atoms with Gasteiger partial charge in [-0.3, -0.25) is 0 Å². The lowest BCUT2D eigenvalue weighted by Gasteiger charge is -2.21. The second-order valence-corrected chi connectivity index (χ2v) is 4.52. The summed E-state index contributed by atoms with van der Waals surface area (Å²) in [7, 11) is 0. The minimum Gasteiger partial charge on any atom is -0.393 e. The predicted octanol–water partition coefficient (Wildman–Crippen LogP) is 2.77. The first-order valence-corrected chi connectivity index (χ1v) is 5.79. The molecule has 0 spiro atoms. The maximum atomic E-state index is 13.5. The van der Waals surface area contributed by atoms with Crippen molar-refractivity contribution in [3.8, 4) is 0 Å². The van der Waals surface area contributed by atoms with Crippen LogP contribution in [0.5, 0.6) is 0 Å². The lowest BCUT2D eigenvalue weighted by molar-refractivity contribution is 0.168. The number of hydrogen-bond donors (Lipinski definition) is 2. The summed E-state index contributed by atoms with van der Waals surface area (Å²) in [5.74, 6) is -1.64. The minimum absolute atomic E-state index is 0.0349. The normalized spacial score (nSPS) is 16.6. The Labute approximate surface area is 101 Å². The van der Waals surface area contributed by atoms with Crippen molar-refractivity contribution >= 4 is 0 Å². The molecule has 1 rings (SSSR count). The highest BCUT2D eigenvalue weighted by Gasteiger charge is 2.16. The number of halogens is 2. The van der Waals surface area contributed by atoms with Gasteiger partial charge in [-0.1, -0.05) is 12.1 Å². The van der Waals surface area contributed by atoms with Gasteiger partial charge in [-0.2, -0.15) is 0 Å². The molecule has 0 aliphatic rings. The molecule has 0 saturated heterocycles. The van der Waals surface area contributed by atoms with E-state index in [0.29, 0.717) is 12.0 Å². The number of aliphatic hydroxyl groups is 1. The van der Waals surface area contributed by atoms with Crippen molar-refractivity contribution in [2.45, 2.75) is 45.4 Å². The van der Waals surface area contributed by atoms with Gasteiger partial charge in [0.15, 0.2) is 11.6 Å². The first kappa shape index (κ1) is 14.1. The molecule has 2 nitrogen and oxygen atoms in total. The molecule has 0 radical (unpaired) electrons. The third kappa shape index (κ3) is 4.06. The molecular weight excluding hydrogens is 224 g/mol. The zero-order valence-corrected chi connectivity index (χ0v) is 10.4. The molecule has 2 N–H and O–H groups in total. The molecule has 96 valence electrons. The quantitative estimate of drug-likeness (QED) is 0.833. The van der Waals surface area contributed by atoms with Crippen molar-refractivity contribution in [1.29, 1.82) is 0 Å². The maximum absolute atomic E-state index is 13.5. The highest BCUT2D eigenvalue weighted by atomic mass is 19.2. The summed E-state index contributed by atoms with van der Waals surface area (Å²) in [5, 5.41) is 12.4. The van der Waals surface area contributed by atoms with Gasteiger partial charge in [0.2, 0.25) is 0 Å². The lowest BCUT2D eigenvalue weighted by atomic mass is 10.1. The first-order valence-electron chi connectivity index (χ1n) is 5.79. The van der Waals surface area contributed by atoms with E-state index >= 15 is 0 Å². The standard InChI is InChI=1S/C13H19F2NO/c1-8(7-9(2)17)16-10(3)11-5-4-6-12(14)13(11)15/h4-6,8-10,16-17H,7H2,1-3H3. The second kappa shape index (κ2) is 6.07. The Morgan fingerprint density at radius 1 is 1.24 bits per heavy atom. The van der Waals surface area contributed by atoms with E-state index in [2.05, 4.69) is 5.32 Å². The van der Waals surface area contributed by atoms with Gasteiger partial charge in [-0.15, -0.1) is 0 Å². The van der Waals surface area contributed by atoms with Crippen LogP contribution in [0.4, 0.5) is 8.78 Å². The van der Waals surface area contributed by atoms with Gasteiger partial charge in [0, 0.05) is 17.6 Å². The van der Waals surface area contributed by atoms with Crippen LogP contribution < -0.4 is 5.32 Å². The Balaban J connectivity index is 2.69. The lowest BCUT2D eigenvalue weighted by Crippen LogP contribution is -2.32. The van der Waals surface area contributed by atoms with Gasteiger partial charge in [0.25, 0.3) is 0 Å². The fourth-order valence-electron chi connectivity index (χ4n) is 1.95. The van der Waals surface area contributed by atoms with E-state index in [0.717, 1.165) is 6.07 Å². The number of rotatable bonds is 5. The summed E-state index contributed by atoms with van der Waals surface area (Å²) < 4.78 is 26.5. The fourth-order valence-corrected chi connectivity index (χ4v) is 1.95. The molecule has 1 aromatic carbocycles. The van der Waals surface area contributed by atoms with Crippen LogP contribution >= 0.6 is 0 Å². The van der Waals surface area contributed by atoms with Crippen LogP contribution in [0, 0.1) is 11.6 Å². The van der Waals surface area contributed by atoms with Crippen LogP contribution in [0.25, 0.3) is 0 Å². The smallest absolute Gasteiger partial charge is 0.163 e. The zero-order valence-electron chi connectivity index (χ0n) is 10.4. The van der Waals surface area contributed by atoms with Crippen LogP contribution in [0.3, 0.4) is 0 Å². The fraction of sp³-hybridized carbons (Fsp3) is 0.538. The van der Waals surface area contributed by atoms with Crippen molar-refractivity contribution in [3.05, 3.63) is 35.4 Å². The summed E-state index contributed by atoms with van der Waals surface area (Å²) in [4.78, 5) is 0. The summed E-state index contributed by atoms with van der Waals surface area (Å²) in [6, 6.07) is 3.90. The molecule has 0 saturated carbocycles. The second-order valence-electron chi connectivity index (χ2n) is 4.52. The molecule has 1 aromatic rings. The Hall–Kier alpha value is -1.00. The SMILES string of the molecule is CC(O)CC(C)NC(C)c1cccc(F)c1F. The van der Waals surface area contributed by atoms with Crippen LogP contribution in [0.1, 0.15) is 38.8 Å². The minimum atomic E-state index is -0.834. The topological polar surface area (TPSA) is 32.3 Å². The van der Waals surface area contributed by atoms with Crippen molar-refractivity contribution < 1.29 is 13.9 Å². The molecule has 0 fully saturated rings. The van der Waals surface area contributed by atoms with E-state index < -0.39 is 17.7 Å². The average Bonchev–Trinajstić information content (AvgIpc) is 2.20. The zero-order chi connectivity index (χ0) is 13.0. The van der Waals surface area contributed by atoms with Gasteiger partial charge >= 0.3 is 0 Å². The largest absolute Gasteiger partial charge is 0.393 e. The van der Waals surface area contributed by atoms with Gasteiger partial charge in [-0.05, 0) is 33.3 Å². The average molecular weight is 243 g/mol. The Morgan fingerprint density at radius 2 is 1.88 bits per heavy atom. The van der Waals surface area contributed by atoms with E-state index in [-0.39, 0.29) is 12.1 Å². The highest BCUT2D eigenvalue weighted by molar-refractivity contribution is 5.22. The van der Waals surface area contributed by atoms with E-state index in [1.54, 1.807) is 19.9 Å². The molecule has 0 bridgehead atoms.